The zero-order valence-corrected chi connectivity index (χ0v) is 22.7. The van der Waals surface area contributed by atoms with E-state index < -0.39 is 10.0 Å². The van der Waals surface area contributed by atoms with Crippen LogP contribution >= 0.6 is 0 Å². The number of carbonyl (C=O) groups is 1. The van der Waals surface area contributed by atoms with Crippen LogP contribution in [-0.2, 0) is 34.8 Å². The van der Waals surface area contributed by atoms with Crippen LogP contribution in [-0.4, -0.2) is 41.3 Å². The van der Waals surface area contributed by atoms with Gasteiger partial charge in [-0.15, -0.1) is 0 Å². The lowest BCUT2D eigenvalue weighted by molar-refractivity contribution is 0.247. The van der Waals surface area contributed by atoms with Crippen LogP contribution in [0, 0.1) is 0 Å². The Morgan fingerprint density at radius 3 is 2.57 bits per heavy atom. The van der Waals surface area contributed by atoms with Crippen molar-refractivity contribution in [3.05, 3.63) is 76.5 Å². The molecule has 196 valence electrons. The predicted molar refractivity (Wildman–Crippen MR) is 145 cm³/mol. The van der Waals surface area contributed by atoms with E-state index in [0.29, 0.717) is 25.3 Å². The highest BCUT2D eigenvalue weighted by atomic mass is 32.2. The van der Waals surface area contributed by atoms with Gasteiger partial charge in [0.25, 0.3) is 0 Å². The average Bonchev–Trinajstić information content (AvgIpc) is 3.27. The van der Waals surface area contributed by atoms with E-state index in [2.05, 4.69) is 43.5 Å². The molecule has 5 rings (SSSR count). The summed E-state index contributed by atoms with van der Waals surface area (Å²) in [6, 6.07) is 15.9. The molecule has 9 heteroatoms. The third-order valence-electron chi connectivity index (χ3n) is 7.27. The Hall–Kier alpha value is -3.17. The molecular weight excluding hydrogens is 486 g/mol. The van der Waals surface area contributed by atoms with Crippen LogP contribution in [0.4, 0.5) is 10.6 Å². The summed E-state index contributed by atoms with van der Waals surface area (Å²) in [4.78, 5) is 13.2. The van der Waals surface area contributed by atoms with Gasteiger partial charge in [-0.3, -0.25) is 5.32 Å². The van der Waals surface area contributed by atoms with E-state index in [9.17, 15) is 13.2 Å². The fraction of sp³-hybridized carbons (Fsp3) is 0.429. The van der Waals surface area contributed by atoms with Gasteiger partial charge in [0.15, 0.2) is 0 Å². The van der Waals surface area contributed by atoms with Crippen molar-refractivity contribution < 1.29 is 13.2 Å². The van der Waals surface area contributed by atoms with E-state index in [-0.39, 0.29) is 17.5 Å². The van der Waals surface area contributed by atoms with E-state index in [0.717, 1.165) is 41.8 Å². The minimum Gasteiger partial charge on any atom is -0.331 e. The molecule has 2 N–H and O–H groups in total. The minimum absolute atomic E-state index is 0.0332. The first-order valence-electron chi connectivity index (χ1n) is 12.8. The van der Waals surface area contributed by atoms with E-state index in [4.69, 9.17) is 5.10 Å². The van der Waals surface area contributed by atoms with Crippen LogP contribution in [0.2, 0.25) is 0 Å². The first-order valence-corrected chi connectivity index (χ1v) is 14.7. The van der Waals surface area contributed by atoms with E-state index in [1.54, 1.807) is 4.68 Å². The van der Waals surface area contributed by atoms with Gasteiger partial charge in [-0.2, -0.15) is 9.40 Å². The Bertz CT molecular complexity index is 1440. The van der Waals surface area contributed by atoms with Crippen LogP contribution in [0.3, 0.4) is 0 Å². The van der Waals surface area contributed by atoms with Gasteiger partial charge in [0.1, 0.15) is 5.82 Å². The molecule has 3 aromatic rings. The number of carbonyl (C=O) groups excluding carboxylic acids is 1. The summed E-state index contributed by atoms with van der Waals surface area (Å²) in [5, 5.41) is 11.0. The van der Waals surface area contributed by atoms with Crippen molar-refractivity contribution >= 4 is 21.9 Å². The number of benzene rings is 2. The molecule has 8 nitrogen and oxygen atoms in total. The zero-order chi connectivity index (χ0) is 26.4. The molecule has 0 fully saturated rings. The highest BCUT2D eigenvalue weighted by Crippen LogP contribution is 2.31. The summed E-state index contributed by atoms with van der Waals surface area (Å²) in [6.45, 7) is 7.07. The lowest BCUT2D eigenvalue weighted by atomic mass is 9.88. The summed E-state index contributed by atoms with van der Waals surface area (Å²) in [5.74, 6) is 0.572. The van der Waals surface area contributed by atoms with Gasteiger partial charge in [0, 0.05) is 24.6 Å². The Labute approximate surface area is 219 Å². The Balaban J connectivity index is 1.43. The number of rotatable bonds is 4. The molecule has 2 aromatic carbocycles. The SMILES string of the molecule is CC(C)(C)c1cc(NC(=O)N[C@H]2CCCc3ccccc32)n(-c2ccc3c(c2)CN(S(C)(=O)=O)CC3)n1. The minimum atomic E-state index is -3.28. The summed E-state index contributed by atoms with van der Waals surface area (Å²) in [7, 11) is -3.28. The molecule has 0 saturated heterocycles. The number of anilines is 1. The van der Waals surface area contributed by atoms with Gasteiger partial charge in [-0.05, 0) is 60.1 Å². The number of hydrogen-bond donors (Lipinski definition) is 2. The second-order valence-electron chi connectivity index (χ2n) is 11.1. The molecule has 1 aliphatic carbocycles. The largest absolute Gasteiger partial charge is 0.331 e. The fourth-order valence-electron chi connectivity index (χ4n) is 5.18. The smallest absolute Gasteiger partial charge is 0.320 e. The van der Waals surface area contributed by atoms with Crippen molar-refractivity contribution in [2.24, 2.45) is 0 Å². The maximum atomic E-state index is 13.2. The normalized spacial score (nSPS) is 18.1. The number of nitrogens with one attached hydrogen (secondary N) is 2. The lowest BCUT2D eigenvalue weighted by Gasteiger charge is -2.27. The summed E-state index contributed by atoms with van der Waals surface area (Å²) in [6.07, 6.45) is 4.89. The van der Waals surface area contributed by atoms with Crippen molar-refractivity contribution in [3.63, 3.8) is 0 Å². The molecule has 0 bridgehead atoms. The molecule has 2 aliphatic rings. The van der Waals surface area contributed by atoms with E-state index in [1.165, 1.54) is 21.7 Å². The fourth-order valence-corrected chi connectivity index (χ4v) is 5.98. The quantitative estimate of drug-likeness (QED) is 0.521. The van der Waals surface area contributed by atoms with Crippen LogP contribution in [0.1, 0.15) is 67.6 Å². The second kappa shape index (κ2) is 9.61. The average molecular weight is 522 g/mol. The topological polar surface area (TPSA) is 96.3 Å². The van der Waals surface area contributed by atoms with Crippen molar-refractivity contribution in [3.8, 4) is 5.69 Å². The summed E-state index contributed by atoms with van der Waals surface area (Å²) >= 11 is 0. The molecule has 0 saturated carbocycles. The highest BCUT2D eigenvalue weighted by molar-refractivity contribution is 7.88. The van der Waals surface area contributed by atoms with Gasteiger partial charge in [-0.25, -0.2) is 17.9 Å². The molecular formula is C28H35N5O3S. The first kappa shape index (κ1) is 25.5. The monoisotopic (exact) mass is 521 g/mol. The van der Waals surface area contributed by atoms with Gasteiger partial charge in [0.05, 0.1) is 23.7 Å². The molecule has 1 aliphatic heterocycles. The standard InChI is InChI=1S/C28H35N5O3S/c1-28(2,3)25-17-26(30-27(34)29-24-11-7-9-20-8-5-6-10-23(20)24)33(31-25)22-13-12-19-14-15-32(37(4,35)36)18-21(19)16-22/h5-6,8,10,12-13,16-17,24H,7,9,11,14-15,18H2,1-4H3,(H2,29,30,34)/t24-/m0/s1. The first-order chi connectivity index (χ1) is 17.5. The van der Waals surface area contributed by atoms with Crippen LogP contribution < -0.4 is 10.6 Å². The van der Waals surface area contributed by atoms with Crippen molar-refractivity contribution in [2.45, 2.75) is 64.5 Å². The second-order valence-corrected chi connectivity index (χ2v) is 13.1. The Morgan fingerprint density at radius 2 is 1.81 bits per heavy atom. The molecule has 0 unspecified atom stereocenters. The van der Waals surface area contributed by atoms with Gasteiger partial charge < -0.3 is 5.32 Å². The molecule has 2 amide bonds. The zero-order valence-electron chi connectivity index (χ0n) is 21.9. The maximum Gasteiger partial charge on any atom is 0.320 e. The van der Waals surface area contributed by atoms with Crippen molar-refractivity contribution in [1.29, 1.82) is 0 Å². The van der Waals surface area contributed by atoms with Crippen LogP contribution in [0.5, 0.6) is 0 Å². The number of fused-ring (bicyclic) bond motifs is 2. The molecule has 2 heterocycles. The molecule has 1 atom stereocenters. The van der Waals surface area contributed by atoms with Gasteiger partial charge in [0.2, 0.25) is 10.0 Å². The number of hydrogen-bond acceptors (Lipinski definition) is 4. The third-order valence-corrected chi connectivity index (χ3v) is 8.52. The number of sulfonamides is 1. The number of urea groups is 1. The van der Waals surface area contributed by atoms with E-state index in [1.807, 2.05) is 36.4 Å². The maximum absolute atomic E-state index is 13.2. The summed E-state index contributed by atoms with van der Waals surface area (Å²) in [5.41, 5.74) is 5.96. The number of nitrogens with zero attached hydrogens (tertiary/aromatic N) is 3. The number of amides is 2. The number of aromatic nitrogens is 2. The molecule has 37 heavy (non-hydrogen) atoms. The Morgan fingerprint density at radius 1 is 1.03 bits per heavy atom. The third kappa shape index (κ3) is 5.43. The molecule has 1 aromatic heterocycles. The number of aryl methyl sites for hydroxylation is 1. The van der Waals surface area contributed by atoms with Crippen LogP contribution in [0.15, 0.2) is 48.5 Å². The molecule has 0 spiro atoms. The lowest BCUT2D eigenvalue weighted by Crippen LogP contribution is -2.35. The van der Waals surface area contributed by atoms with Crippen molar-refractivity contribution in [1.82, 2.24) is 19.4 Å². The molecule has 0 radical (unpaired) electrons. The van der Waals surface area contributed by atoms with Crippen LogP contribution in [0.25, 0.3) is 5.69 Å². The van der Waals surface area contributed by atoms with Crippen molar-refractivity contribution in [2.75, 3.05) is 18.1 Å². The van der Waals surface area contributed by atoms with E-state index >= 15 is 0 Å². The van der Waals surface area contributed by atoms with Gasteiger partial charge >= 0.3 is 6.03 Å². The summed E-state index contributed by atoms with van der Waals surface area (Å²) < 4.78 is 27.5. The Kier molecular flexibility index (Phi) is 6.62. The predicted octanol–water partition coefficient (Wildman–Crippen LogP) is 4.69. The van der Waals surface area contributed by atoms with Gasteiger partial charge in [-0.1, -0.05) is 51.1 Å². The highest BCUT2D eigenvalue weighted by Gasteiger charge is 2.26.